The number of amides is 2. The third-order valence-electron chi connectivity index (χ3n) is 6.88. The summed E-state index contributed by atoms with van der Waals surface area (Å²) in [5, 5.41) is 14.0. The summed E-state index contributed by atoms with van der Waals surface area (Å²) < 4.78 is 98.7. The molecule has 2 N–H and O–H groups in total. The van der Waals surface area contributed by atoms with Crippen LogP contribution in [0.3, 0.4) is 0 Å². The molecule has 4 rings (SSSR count). The van der Waals surface area contributed by atoms with E-state index in [9.17, 15) is 40.3 Å². The second-order valence-electron chi connectivity index (χ2n) is 9.73. The molecule has 16 heteroatoms. The fraction of sp³-hybridized carbons (Fsp3) is 0.241. The second kappa shape index (κ2) is 13.0. The summed E-state index contributed by atoms with van der Waals surface area (Å²) in [7, 11) is 1.47. The molecule has 1 aromatic heterocycles. The van der Waals surface area contributed by atoms with E-state index in [-0.39, 0.29) is 56.5 Å². The fourth-order valence-corrected chi connectivity index (χ4v) is 5.35. The number of nitrogens with one attached hydrogen (secondary N) is 2. The summed E-state index contributed by atoms with van der Waals surface area (Å²) in [6.45, 7) is 0.182. The van der Waals surface area contributed by atoms with Gasteiger partial charge in [0.1, 0.15) is 18.2 Å². The SMILES string of the molecule is Cc1c(C(NC=O)c2cc(F)ccc2Cl)c(NC(=O)c2cc(F)cc(C(F)(F)F)c2)cc2c1n(C)c(=NCC#N)n2CC(F)F. The van der Waals surface area contributed by atoms with Gasteiger partial charge in [-0.05, 0) is 55.0 Å². The highest BCUT2D eigenvalue weighted by atomic mass is 35.5. The molecule has 4 aromatic rings. The molecule has 236 valence electrons. The third-order valence-corrected chi connectivity index (χ3v) is 7.22. The number of anilines is 1. The van der Waals surface area contributed by atoms with Gasteiger partial charge in [0.2, 0.25) is 12.0 Å². The first-order valence-corrected chi connectivity index (χ1v) is 13.3. The highest BCUT2D eigenvalue weighted by Gasteiger charge is 2.33. The van der Waals surface area contributed by atoms with Crippen LogP contribution in [0.4, 0.5) is 36.4 Å². The number of nitrogens with zero attached hydrogens (tertiary/aromatic N) is 4. The van der Waals surface area contributed by atoms with Crippen molar-refractivity contribution in [3.8, 4) is 6.07 Å². The minimum Gasteiger partial charge on any atom is -0.348 e. The van der Waals surface area contributed by atoms with Gasteiger partial charge in [-0.25, -0.2) is 22.6 Å². The first kappa shape index (κ1) is 33.1. The lowest BCUT2D eigenvalue weighted by Gasteiger charge is -2.25. The number of fused-ring (bicyclic) bond motifs is 1. The minimum atomic E-state index is -4.99. The third kappa shape index (κ3) is 6.80. The van der Waals surface area contributed by atoms with Gasteiger partial charge in [-0.15, -0.1) is 0 Å². The van der Waals surface area contributed by atoms with E-state index in [0.29, 0.717) is 12.1 Å². The fourth-order valence-electron chi connectivity index (χ4n) is 5.12. The van der Waals surface area contributed by atoms with Crippen molar-refractivity contribution in [3.05, 3.63) is 92.6 Å². The number of halogens is 8. The van der Waals surface area contributed by atoms with E-state index in [0.717, 1.165) is 16.7 Å². The molecule has 0 radical (unpaired) electrons. The first-order chi connectivity index (χ1) is 21.2. The number of carbonyl (C=O) groups excluding carboxylic acids is 2. The summed E-state index contributed by atoms with van der Waals surface area (Å²) in [5.41, 5.74) is -1.87. The Bertz CT molecular complexity index is 1910. The van der Waals surface area contributed by atoms with E-state index in [4.69, 9.17) is 16.9 Å². The summed E-state index contributed by atoms with van der Waals surface area (Å²) >= 11 is 6.36. The van der Waals surface area contributed by atoms with Crippen molar-refractivity contribution >= 4 is 40.6 Å². The molecule has 0 aliphatic heterocycles. The Labute approximate surface area is 255 Å². The molecule has 2 amide bonds. The summed E-state index contributed by atoms with van der Waals surface area (Å²) in [5.74, 6) is -3.32. The van der Waals surface area contributed by atoms with Crippen LogP contribution in [-0.4, -0.2) is 34.4 Å². The van der Waals surface area contributed by atoms with E-state index in [1.807, 2.05) is 0 Å². The lowest BCUT2D eigenvalue weighted by molar-refractivity contribution is -0.137. The molecule has 0 aliphatic carbocycles. The first-order valence-electron chi connectivity index (χ1n) is 12.9. The van der Waals surface area contributed by atoms with Crippen molar-refractivity contribution in [1.82, 2.24) is 14.5 Å². The molecule has 0 saturated carbocycles. The highest BCUT2D eigenvalue weighted by molar-refractivity contribution is 6.31. The predicted molar refractivity (Wildman–Crippen MR) is 150 cm³/mol. The quantitative estimate of drug-likeness (QED) is 0.131. The van der Waals surface area contributed by atoms with Crippen molar-refractivity contribution in [3.63, 3.8) is 0 Å². The molecule has 1 unspecified atom stereocenters. The molecule has 1 atom stereocenters. The number of alkyl halides is 5. The van der Waals surface area contributed by atoms with E-state index in [2.05, 4.69) is 15.6 Å². The van der Waals surface area contributed by atoms with Crippen LogP contribution >= 0.6 is 11.6 Å². The number of hydrogen-bond donors (Lipinski definition) is 2. The molecule has 0 fully saturated rings. The Balaban J connectivity index is 2.08. The molecule has 45 heavy (non-hydrogen) atoms. The Morgan fingerprint density at radius 3 is 2.47 bits per heavy atom. The summed E-state index contributed by atoms with van der Waals surface area (Å²) in [6, 6.07) is 6.17. The Morgan fingerprint density at radius 2 is 1.84 bits per heavy atom. The largest absolute Gasteiger partial charge is 0.416 e. The van der Waals surface area contributed by atoms with Crippen LogP contribution in [0.1, 0.15) is 38.7 Å². The van der Waals surface area contributed by atoms with E-state index < -0.39 is 60.4 Å². The zero-order valence-electron chi connectivity index (χ0n) is 23.3. The smallest absolute Gasteiger partial charge is 0.348 e. The number of benzene rings is 3. The normalized spacial score (nSPS) is 12.8. The Hall–Kier alpha value is -4.84. The standard InChI is InChI=1S/C29H22ClF7N6O2/c1-14-24(25(40-13-44)19-10-17(31)3-4-20(19)30)21(41-27(45)15-7-16(29(35,36)37)9-18(32)8-15)11-22-26(14)42(2)28(39-6-5-38)43(22)12-23(33)34/h3-4,7-11,13,23,25H,6,12H2,1-2H3,(H,40,44)(H,41,45). The van der Waals surface area contributed by atoms with Crippen LogP contribution in [-0.2, 0) is 24.6 Å². The molecule has 3 aromatic carbocycles. The number of aromatic nitrogens is 2. The topological polar surface area (TPSA) is 104 Å². The molecule has 0 bridgehead atoms. The van der Waals surface area contributed by atoms with Gasteiger partial charge in [0.05, 0.1) is 35.3 Å². The maximum Gasteiger partial charge on any atom is 0.416 e. The number of imidazole rings is 1. The van der Waals surface area contributed by atoms with Crippen LogP contribution < -0.4 is 16.3 Å². The molecule has 1 heterocycles. The van der Waals surface area contributed by atoms with Crippen molar-refractivity contribution in [2.45, 2.75) is 32.1 Å². The van der Waals surface area contributed by atoms with Gasteiger partial charge in [0.15, 0.2) is 0 Å². The number of nitriles is 1. The van der Waals surface area contributed by atoms with Gasteiger partial charge in [0.25, 0.3) is 12.3 Å². The van der Waals surface area contributed by atoms with Crippen molar-refractivity contribution in [2.75, 3.05) is 11.9 Å². The van der Waals surface area contributed by atoms with Gasteiger partial charge >= 0.3 is 6.18 Å². The molecule has 0 spiro atoms. The van der Waals surface area contributed by atoms with E-state index >= 15 is 0 Å². The van der Waals surface area contributed by atoms with E-state index in [1.54, 1.807) is 6.07 Å². The summed E-state index contributed by atoms with van der Waals surface area (Å²) in [4.78, 5) is 29.2. The van der Waals surface area contributed by atoms with Crippen molar-refractivity contribution in [1.29, 1.82) is 5.26 Å². The highest BCUT2D eigenvalue weighted by Crippen LogP contribution is 2.39. The van der Waals surface area contributed by atoms with Crippen LogP contribution in [0, 0.1) is 29.9 Å². The maximum absolute atomic E-state index is 14.4. The van der Waals surface area contributed by atoms with Crippen LogP contribution in [0.5, 0.6) is 0 Å². The molecular weight excluding hydrogens is 633 g/mol. The van der Waals surface area contributed by atoms with E-state index in [1.165, 1.54) is 30.7 Å². The van der Waals surface area contributed by atoms with Gasteiger partial charge in [-0.1, -0.05) is 11.6 Å². The van der Waals surface area contributed by atoms with Crippen molar-refractivity contribution in [2.24, 2.45) is 12.0 Å². The number of carbonyl (C=O) groups is 2. The lowest BCUT2D eigenvalue weighted by atomic mass is 9.91. The van der Waals surface area contributed by atoms with Crippen LogP contribution in [0.15, 0.2) is 47.5 Å². The van der Waals surface area contributed by atoms with Crippen LogP contribution in [0.2, 0.25) is 5.02 Å². The minimum absolute atomic E-state index is 0.0101. The zero-order valence-corrected chi connectivity index (χ0v) is 24.1. The predicted octanol–water partition coefficient (Wildman–Crippen LogP) is 6.02. The van der Waals surface area contributed by atoms with Gasteiger partial charge in [-0.2, -0.15) is 18.4 Å². The zero-order chi connectivity index (χ0) is 33.2. The summed E-state index contributed by atoms with van der Waals surface area (Å²) in [6.07, 6.45) is -7.63. The van der Waals surface area contributed by atoms with Gasteiger partial charge < -0.3 is 19.8 Å². The Kier molecular flexibility index (Phi) is 9.57. The lowest BCUT2D eigenvalue weighted by Crippen LogP contribution is -2.27. The molecule has 0 saturated heterocycles. The number of hydrogen-bond acceptors (Lipinski definition) is 4. The second-order valence-corrected chi connectivity index (χ2v) is 10.1. The molecule has 0 aliphatic rings. The Morgan fingerprint density at radius 1 is 1.13 bits per heavy atom. The number of rotatable bonds is 9. The average Bonchev–Trinajstić information content (AvgIpc) is 3.21. The monoisotopic (exact) mass is 654 g/mol. The van der Waals surface area contributed by atoms with Gasteiger partial charge in [-0.3, -0.25) is 9.59 Å². The maximum atomic E-state index is 14.4. The van der Waals surface area contributed by atoms with Crippen LogP contribution in [0.25, 0.3) is 11.0 Å². The van der Waals surface area contributed by atoms with Crippen molar-refractivity contribution < 1.29 is 40.3 Å². The number of aryl methyl sites for hydroxylation is 2. The van der Waals surface area contributed by atoms with Gasteiger partial charge in [0, 0.05) is 34.4 Å². The average molecular weight is 655 g/mol. The molecular formula is C29H22ClF7N6O2. The molecule has 8 nitrogen and oxygen atoms in total.